The first-order valence-electron chi connectivity index (χ1n) is 5.86. The van der Waals surface area contributed by atoms with Crippen molar-refractivity contribution < 1.29 is 24.1 Å². The van der Waals surface area contributed by atoms with E-state index in [1.165, 1.54) is 19.3 Å². The van der Waals surface area contributed by atoms with Crippen LogP contribution >= 0.6 is 7.60 Å². The van der Waals surface area contributed by atoms with Crippen molar-refractivity contribution in [1.82, 2.24) is 0 Å². The third kappa shape index (κ3) is 10.6. The molecule has 0 spiro atoms. The van der Waals surface area contributed by atoms with Gasteiger partial charge in [-0.15, -0.1) is 4.67 Å². The molecule has 0 radical (unpaired) electrons. The van der Waals surface area contributed by atoms with Gasteiger partial charge in [-0.3, -0.25) is 4.57 Å². The number of hydrogen-bond donors (Lipinski definition) is 2. The molecule has 0 fully saturated rings. The normalized spacial score (nSPS) is 14.9. The van der Waals surface area contributed by atoms with E-state index in [1.54, 1.807) is 0 Å². The third-order valence-electron chi connectivity index (χ3n) is 2.14. The Morgan fingerprint density at radius 3 is 2.38 bits per heavy atom. The van der Waals surface area contributed by atoms with E-state index in [9.17, 15) is 9.46 Å². The Labute approximate surface area is 97.2 Å². The smallest absolute Gasteiger partial charge is 0.355 e. The first-order chi connectivity index (χ1) is 7.62. The van der Waals surface area contributed by atoms with E-state index in [4.69, 9.17) is 5.11 Å². The Balaban J connectivity index is 3.39. The Kier molecular flexibility index (Phi) is 10.3. The van der Waals surface area contributed by atoms with Gasteiger partial charge in [-0.2, -0.15) is 0 Å². The van der Waals surface area contributed by atoms with Crippen molar-refractivity contribution in [1.29, 1.82) is 0 Å². The maximum Gasteiger partial charge on any atom is 0.355 e. The van der Waals surface area contributed by atoms with Crippen LogP contribution in [0.2, 0.25) is 0 Å². The maximum absolute atomic E-state index is 11.3. The number of hydrogen-bond acceptors (Lipinski definition) is 4. The number of aliphatic hydroxyl groups is 1. The molecule has 0 saturated heterocycles. The summed E-state index contributed by atoms with van der Waals surface area (Å²) in [4.78, 5) is 13.7. The second kappa shape index (κ2) is 10.2. The van der Waals surface area contributed by atoms with E-state index in [0.717, 1.165) is 12.8 Å². The standard InChI is InChI=1S/C10H23O5P/c1-2-3-4-5-6-7-10-16(12,13)15-14-9-8-11/h11H,2-10H2,1H3,(H,12,13). The highest BCUT2D eigenvalue weighted by atomic mass is 31.2. The summed E-state index contributed by atoms with van der Waals surface area (Å²) in [5, 5.41) is 8.38. The largest absolute Gasteiger partial charge is 0.394 e. The lowest BCUT2D eigenvalue weighted by Crippen LogP contribution is -2.01. The summed E-state index contributed by atoms with van der Waals surface area (Å²) in [6, 6.07) is 0. The monoisotopic (exact) mass is 254 g/mol. The summed E-state index contributed by atoms with van der Waals surface area (Å²) in [5.41, 5.74) is 0. The summed E-state index contributed by atoms with van der Waals surface area (Å²) < 4.78 is 15.7. The van der Waals surface area contributed by atoms with Crippen LogP contribution in [0.5, 0.6) is 0 Å². The molecule has 0 amide bonds. The van der Waals surface area contributed by atoms with Gasteiger partial charge >= 0.3 is 7.60 Å². The first-order valence-corrected chi connectivity index (χ1v) is 7.62. The zero-order valence-electron chi connectivity index (χ0n) is 9.93. The molecule has 5 nitrogen and oxygen atoms in total. The molecule has 98 valence electrons. The van der Waals surface area contributed by atoms with E-state index in [1.807, 2.05) is 0 Å². The Morgan fingerprint density at radius 2 is 1.75 bits per heavy atom. The SMILES string of the molecule is CCCCCCCCP(=O)(O)OOCCO. The van der Waals surface area contributed by atoms with Gasteiger partial charge in [0, 0.05) is 0 Å². The highest BCUT2D eigenvalue weighted by Crippen LogP contribution is 2.43. The van der Waals surface area contributed by atoms with Crippen molar-refractivity contribution in [2.24, 2.45) is 0 Å². The minimum atomic E-state index is -3.61. The van der Waals surface area contributed by atoms with Crippen molar-refractivity contribution in [3.8, 4) is 0 Å². The van der Waals surface area contributed by atoms with Gasteiger partial charge in [0.15, 0.2) is 0 Å². The van der Waals surface area contributed by atoms with Crippen LogP contribution in [-0.2, 0) is 14.1 Å². The van der Waals surface area contributed by atoms with Crippen molar-refractivity contribution in [2.75, 3.05) is 19.4 Å². The summed E-state index contributed by atoms with van der Waals surface area (Å²) in [6.07, 6.45) is 6.39. The van der Waals surface area contributed by atoms with Crippen LogP contribution in [0.15, 0.2) is 0 Å². The van der Waals surface area contributed by atoms with E-state index in [-0.39, 0.29) is 19.4 Å². The maximum atomic E-state index is 11.3. The van der Waals surface area contributed by atoms with E-state index < -0.39 is 7.60 Å². The minimum Gasteiger partial charge on any atom is -0.394 e. The van der Waals surface area contributed by atoms with Crippen LogP contribution in [0.25, 0.3) is 0 Å². The molecule has 0 aromatic rings. The van der Waals surface area contributed by atoms with Crippen LogP contribution in [0.1, 0.15) is 45.4 Å². The molecule has 0 aliphatic heterocycles. The van der Waals surface area contributed by atoms with E-state index >= 15 is 0 Å². The van der Waals surface area contributed by atoms with Crippen LogP contribution in [0, 0.1) is 0 Å². The summed E-state index contributed by atoms with van der Waals surface area (Å²) >= 11 is 0. The van der Waals surface area contributed by atoms with Crippen LogP contribution in [-0.4, -0.2) is 29.4 Å². The summed E-state index contributed by atoms with van der Waals surface area (Å²) in [6.45, 7) is 1.84. The van der Waals surface area contributed by atoms with Crippen molar-refractivity contribution >= 4 is 7.60 Å². The van der Waals surface area contributed by atoms with Crippen LogP contribution in [0.4, 0.5) is 0 Å². The van der Waals surface area contributed by atoms with Gasteiger partial charge in [-0.05, 0) is 6.42 Å². The van der Waals surface area contributed by atoms with Gasteiger partial charge in [0.05, 0.1) is 12.8 Å². The third-order valence-corrected chi connectivity index (χ3v) is 3.36. The van der Waals surface area contributed by atoms with Gasteiger partial charge in [0.2, 0.25) is 0 Å². The molecule has 0 aliphatic rings. The van der Waals surface area contributed by atoms with Crippen LogP contribution in [0.3, 0.4) is 0 Å². The zero-order valence-corrected chi connectivity index (χ0v) is 10.8. The molecule has 1 unspecified atom stereocenters. The topological polar surface area (TPSA) is 76.0 Å². The fourth-order valence-corrected chi connectivity index (χ4v) is 2.22. The molecular formula is C10H23O5P. The first kappa shape index (κ1) is 16.1. The van der Waals surface area contributed by atoms with Gasteiger partial charge < -0.3 is 10.00 Å². The molecule has 0 bridgehead atoms. The van der Waals surface area contributed by atoms with Crippen molar-refractivity contribution in [2.45, 2.75) is 45.4 Å². The molecule has 0 aromatic heterocycles. The Morgan fingerprint density at radius 1 is 1.12 bits per heavy atom. The van der Waals surface area contributed by atoms with Gasteiger partial charge in [0.25, 0.3) is 0 Å². The van der Waals surface area contributed by atoms with E-state index in [0.29, 0.717) is 6.42 Å². The molecule has 16 heavy (non-hydrogen) atoms. The lowest BCUT2D eigenvalue weighted by atomic mass is 10.1. The second-order valence-corrected chi connectivity index (χ2v) is 5.62. The lowest BCUT2D eigenvalue weighted by Gasteiger charge is -2.10. The fourth-order valence-electron chi connectivity index (χ4n) is 1.29. The number of aliphatic hydroxyl groups excluding tert-OH is 1. The molecule has 1 atom stereocenters. The van der Waals surface area contributed by atoms with Crippen molar-refractivity contribution in [3.05, 3.63) is 0 Å². The summed E-state index contributed by atoms with van der Waals surface area (Å²) in [5.74, 6) is 0. The number of unbranched alkanes of at least 4 members (excludes halogenated alkanes) is 5. The average Bonchev–Trinajstić information content (AvgIpc) is 2.23. The Bertz CT molecular complexity index is 198. The highest BCUT2D eigenvalue weighted by Gasteiger charge is 2.19. The Hall–Kier alpha value is 0.0700. The highest BCUT2D eigenvalue weighted by molar-refractivity contribution is 7.52. The second-order valence-electron chi connectivity index (χ2n) is 3.75. The van der Waals surface area contributed by atoms with Crippen molar-refractivity contribution in [3.63, 3.8) is 0 Å². The predicted molar refractivity (Wildman–Crippen MR) is 62.2 cm³/mol. The van der Waals surface area contributed by atoms with Crippen LogP contribution < -0.4 is 0 Å². The zero-order chi connectivity index (χ0) is 12.3. The molecule has 0 rings (SSSR count). The van der Waals surface area contributed by atoms with E-state index in [2.05, 4.69) is 16.5 Å². The van der Waals surface area contributed by atoms with Gasteiger partial charge in [-0.25, -0.2) is 4.89 Å². The average molecular weight is 254 g/mol. The molecule has 0 aromatic carbocycles. The molecule has 0 heterocycles. The predicted octanol–water partition coefficient (Wildman–Crippen LogP) is 2.47. The molecule has 0 aliphatic carbocycles. The molecule has 6 heteroatoms. The lowest BCUT2D eigenvalue weighted by molar-refractivity contribution is -0.218. The summed E-state index contributed by atoms with van der Waals surface area (Å²) in [7, 11) is -3.61. The number of rotatable bonds is 11. The van der Waals surface area contributed by atoms with Gasteiger partial charge in [-0.1, -0.05) is 39.0 Å². The van der Waals surface area contributed by atoms with Gasteiger partial charge in [0.1, 0.15) is 6.61 Å². The molecule has 2 N–H and O–H groups in total. The minimum absolute atomic E-state index is 0.0823. The fraction of sp³-hybridized carbons (Fsp3) is 1.00. The molecule has 0 saturated carbocycles. The molecular weight excluding hydrogens is 231 g/mol. The quantitative estimate of drug-likeness (QED) is 0.256.